The molecule has 2 amide bonds. The van der Waals surface area contributed by atoms with Gasteiger partial charge in [0.25, 0.3) is 5.91 Å². The maximum absolute atomic E-state index is 12.7. The third-order valence-electron chi connectivity index (χ3n) is 6.36. The quantitative estimate of drug-likeness (QED) is 0.398. The number of hydrogen-bond donors (Lipinski definition) is 2. The number of fused-ring (bicyclic) bond motifs is 1. The summed E-state index contributed by atoms with van der Waals surface area (Å²) in [6.07, 6.45) is 3.65. The van der Waals surface area contributed by atoms with E-state index in [0.717, 1.165) is 10.9 Å². The number of ether oxygens (including phenoxy) is 1. The Morgan fingerprint density at radius 3 is 2.58 bits per heavy atom. The van der Waals surface area contributed by atoms with Crippen molar-refractivity contribution in [1.29, 1.82) is 0 Å². The fourth-order valence-corrected chi connectivity index (χ4v) is 4.46. The highest BCUT2D eigenvalue weighted by molar-refractivity contribution is 6.04. The first-order valence-electron chi connectivity index (χ1n) is 12.4. The molecule has 0 bridgehead atoms. The molecule has 0 spiro atoms. The molecule has 1 fully saturated rings. The number of anilines is 2. The van der Waals surface area contributed by atoms with Crippen LogP contribution in [0.5, 0.6) is 0 Å². The van der Waals surface area contributed by atoms with Gasteiger partial charge in [-0.05, 0) is 51.5 Å². The second-order valence-corrected chi connectivity index (χ2v) is 10.3. The van der Waals surface area contributed by atoms with E-state index in [1.807, 2.05) is 50.7 Å². The van der Waals surface area contributed by atoms with Crippen molar-refractivity contribution in [2.24, 2.45) is 7.05 Å². The summed E-state index contributed by atoms with van der Waals surface area (Å²) in [5.74, 6) is 0.747. The van der Waals surface area contributed by atoms with Crippen molar-refractivity contribution in [2.45, 2.75) is 38.8 Å². The second kappa shape index (κ2) is 9.73. The average Bonchev–Trinajstić information content (AvgIpc) is 3.52. The van der Waals surface area contributed by atoms with Gasteiger partial charge in [0.15, 0.2) is 0 Å². The van der Waals surface area contributed by atoms with E-state index in [1.54, 1.807) is 46.3 Å². The van der Waals surface area contributed by atoms with Crippen LogP contribution < -0.4 is 15.6 Å². The first kappa shape index (κ1) is 25.1. The maximum atomic E-state index is 12.7. The lowest BCUT2D eigenvalue weighted by Crippen LogP contribution is -2.35. The number of nitrogens with two attached hydrogens (primary N) is 1. The monoisotopic (exact) mass is 515 g/mol. The smallest absolute Gasteiger partial charge is 0.410 e. The number of hydrogen-bond acceptors (Lipinski definition) is 7. The summed E-state index contributed by atoms with van der Waals surface area (Å²) < 4.78 is 9.15. The molecule has 1 unspecified atom stereocenters. The first-order valence-corrected chi connectivity index (χ1v) is 12.4. The Morgan fingerprint density at radius 2 is 1.89 bits per heavy atom. The van der Waals surface area contributed by atoms with Crippen molar-refractivity contribution in [3.63, 3.8) is 0 Å². The number of carbonyl (C=O) groups is 2. The number of carbonyl (C=O) groups excluding carboxylic acids is 2. The van der Waals surface area contributed by atoms with Gasteiger partial charge in [-0.1, -0.05) is 23.2 Å². The van der Waals surface area contributed by atoms with Gasteiger partial charge in [0.2, 0.25) is 17.8 Å². The summed E-state index contributed by atoms with van der Waals surface area (Å²) in [4.78, 5) is 35.8. The normalized spacial score (nSPS) is 15.6. The lowest BCUT2D eigenvalue weighted by molar-refractivity contribution is -0.658. The van der Waals surface area contributed by atoms with Crippen LogP contribution in [-0.2, 0) is 11.8 Å². The molecule has 5 rings (SSSR count). The molecule has 11 heteroatoms. The minimum absolute atomic E-state index is 0.0817. The molecule has 1 aromatic carbocycles. The van der Waals surface area contributed by atoms with Gasteiger partial charge in [-0.25, -0.2) is 19.0 Å². The molecule has 1 atom stereocenters. The van der Waals surface area contributed by atoms with Crippen LogP contribution >= 0.6 is 0 Å². The Balaban J connectivity index is 1.45. The van der Waals surface area contributed by atoms with E-state index in [9.17, 15) is 9.59 Å². The number of nitrogens with one attached hydrogen (secondary N) is 1. The van der Waals surface area contributed by atoms with Crippen LogP contribution in [0.2, 0.25) is 0 Å². The van der Waals surface area contributed by atoms with Crippen molar-refractivity contribution >= 4 is 34.7 Å². The number of pyridine rings is 1. The van der Waals surface area contributed by atoms with Crippen molar-refractivity contribution in [3.05, 3.63) is 60.6 Å². The zero-order chi connectivity index (χ0) is 27.0. The number of aryl methyl sites for hydroxylation is 1. The van der Waals surface area contributed by atoms with E-state index in [-0.39, 0.29) is 18.0 Å². The van der Waals surface area contributed by atoms with E-state index >= 15 is 0 Å². The lowest BCUT2D eigenvalue weighted by atomic mass is 10.1. The maximum Gasteiger partial charge on any atom is 0.410 e. The molecular formula is C27H31N8O3+. The SMILES string of the molecule is C[n+]1cnc2c(c(-c3ccc(C(=O)Nc4ccccn4)cc3)nn2C2CCN(C(=O)OC(C)(C)C)C2)c1N. The van der Waals surface area contributed by atoms with E-state index in [4.69, 9.17) is 15.6 Å². The molecule has 0 saturated carbocycles. The summed E-state index contributed by atoms with van der Waals surface area (Å²) in [5, 5.41) is 8.43. The summed E-state index contributed by atoms with van der Waals surface area (Å²) in [6.45, 7) is 6.58. The van der Waals surface area contributed by atoms with Gasteiger partial charge in [-0.3, -0.25) is 4.79 Å². The van der Waals surface area contributed by atoms with Gasteiger partial charge < -0.3 is 20.7 Å². The van der Waals surface area contributed by atoms with Gasteiger partial charge in [-0.15, -0.1) is 0 Å². The standard InChI is InChI=1S/C27H30N8O3/c1-27(2,3)38-26(37)34-14-12-19(15-34)35-24-21(23(28)33(4)16-30-24)22(32-35)17-8-10-18(11-9-17)25(36)31-20-7-5-6-13-29-20/h5-11,13,16,19,28H,12,14-15H2,1-4H3,(H,29,31,36)/p+1. The minimum atomic E-state index is -0.563. The molecule has 3 N–H and O–H groups in total. The summed E-state index contributed by atoms with van der Waals surface area (Å²) in [6, 6.07) is 12.4. The van der Waals surface area contributed by atoms with Gasteiger partial charge in [0.1, 0.15) is 22.5 Å². The number of aromatic nitrogens is 5. The van der Waals surface area contributed by atoms with Crippen LogP contribution in [0.3, 0.4) is 0 Å². The van der Waals surface area contributed by atoms with Crippen LogP contribution in [-0.4, -0.2) is 55.3 Å². The Hall–Kier alpha value is -4.54. The number of likely N-dealkylation sites (tertiary alicyclic amines) is 1. The van der Waals surface area contributed by atoms with Gasteiger partial charge in [0.05, 0.1) is 13.1 Å². The van der Waals surface area contributed by atoms with E-state index in [2.05, 4.69) is 15.3 Å². The van der Waals surface area contributed by atoms with Gasteiger partial charge >= 0.3 is 6.09 Å². The van der Waals surface area contributed by atoms with Crippen molar-refractivity contribution in [3.8, 4) is 11.3 Å². The summed E-state index contributed by atoms with van der Waals surface area (Å²) in [5.41, 5.74) is 8.52. The van der Waals surface area contributed by atoms with Gasteiger partial charge in [-0.2, -0.15) is 5.10 Å². The number of amides is 2. The highest BCUT2D eigenvalue weighted by Crippen LogP contribution is 2.34. The summed E-state index contributed by atoms with van der Waals surface area (Å²) >= 11 is 0. The first-order chi connectivity index (χ1) is 18.1. The molecule has 1 aliphatic rings. The average molecular weight is 516 g/mol. The lowest BCUT2D eigenvalue weighted by Gasteiger charge is -2.24. The molecule has 0 aliphatic carbocycles. The molecule has 11 nitrogen and oxygen atoms in total. The van der Waals surface area contributed by atoms with Crippen LogP contribution in [0, 0.1) is 0 Å². The molecule has 4 heterocycles. The zero-order valence-electron chi connectivity index (χ0n) is 21.9. The number of rotatable bonds is 4. The van der Waals surface area contributed by atoms with Crippen molar-refractivity contribution in [2.75, 3.05) is 24.1 Å². The summed E-state index contributed by atoms with van der Waals surface area (Å²) in [7, 11) is 1.83. The van der Waals surface area contributed by atoms with Crippen LogP contribution in [0.15, 0.2) is 55.0 Å². The van der Waals surface area contributed by atoms with E-state index < -0.39 is 5.60 Å². The molecule has 196 valence electrons. The molecule has 38 heavy (non-hydrogen) atoms. The molecular weight excluding hydrogens is 484 g/mol. The molecule has 1 saturated heterocycles. The molecule has 0 radical (unpaired) electrons. The third-order valence-corrected chi connectivity index (χ3v) is 6.36. The highest BCUT2D eigenvalue weighted by atomic mass is 16.6. The highest BCUT2D eigenvalue weighted by Gasteiger charge is 2.34. The Bertz CT molecular complexity index is 1490. The Morgan fingerprint density at radius 1 is 1.13 bits per heavy atom. The van der Waals surface area contributed by atoms with Crippen LogP contribution in [0.1, 0.15) is 43.6 Å². The predicted octanol–water partition coefficient (Wildman–Crippen LogP) is 3.33. The third kappa shape index (κ3) is 4.99. The Kier molecular flexibility index (Phi) is 6.43. The van der Waals surface area contributed by atoms with Crippen molar-refractivity contribution in [1.82, 2.24) is 24.6 Å². The number of benzene rings is 1. The fourth-order valence-electron chi connectivity index (χ4n) is 4.46. The van der Waals surface area contributed by atoms with Crippen molar-refractivity contribution < 1.29 is 18.9 Å². The van der Waals surface area contributed by atoms with Crippen LogP contribution in [0.25, 0.3) is 22.3 Å². The second-order valence-electron chi connectivity index (χ2n) is 10.3. The van der Waals surface area contributed by atoms with E-state index in [1.165, 1.54) is 0 Å². The fraction of sp³-hybridized carbons (Fsp3) is 0.333. The molecule has 4 aromatic rings. The Labute approximate surface area is 220 Å². The predicted molar refractivity (Wildman–Crippen MR) is 142 cm³/mol. The van der Waals surface area contributed by atoms with Gasteiger partial charge in [0, 0.05) is 30.4 Å². The molecule has 3 aromatic heterocycles. The number of nitrogens with zero attached hydrogens (tertiary/aromatic N) is 6. The topological polar surface area (TPSA) is 132 Å². The van der Waals surface area contributed by atoms with Crippen LogP contribution in [0.4, 0.5) is 16.4 Å². The minimum Gasteiger partial charge on any atom is -0.444 e. The molecule has 1 aliphatic heterocycles. The number of nitrogen functional groups attached to an aromatic ring is 1. The zero-order valence-corrected chi connectivity index (χ0v) is 21.9. The largest absolute Gasteiger partial charge is 0.444 e. The van der Waals surface area contributed by atoms with E-state index in [0.29, 0.717) is 48.1 Å².